The highest BCUT2D eigenvalue weighted by atomic mass is 16.7. The minimum atomic E-state index is -1.12. The van der Waals surface area contributed by atoms with Gasteiger partial charge in [0.15, 0.2) is 11.5 Å². The van der Waals surface area contributed by atoms with Crippen molar-refractivity contribution in [2.24, 2.45) is 11.8 Å². The van der Waals surface area contributed by atoms with Gasteiger partial charge < -0.3 is 24.7 Å². The smallest absolute Gasteiger partial charge is 0.231 e. The number of nitrogens with one attached hydrogen (secondary N) is 1. The number of carbonyl (C=O) groups excluding carboxylic acids is 2. The molecular formula is C16H18NO5-. The van der Waals surface area contributed by atoms with E-state index in [1.807, 2.05) is 12.1 Å². The Bertz CT molecular complexity index is 586. The maximum atomic E-state index is 12.3. The number of rotatable bonds is 4. The van der Waals surface area contributed by atoms with Crippen molar-refractivity contribution in [3.8, 4) is 11.5 Å². The van der Waals surface area contributed by atoms with Gasteiger partial charge in [-0.05, 0) is 30.5 Å². The molecule has 1 saturated carbocycles. The topological polar surface area (TPSA) is 87.7 Å². The van der Waals surface area contributed by atoms with Crippen LogP contribution in [0.15, 0.2) is 18.2 Å². The average molecular weight is 304 g/mol. The first-order chi connectivity index (χ1) is 10.6. The van der Waals surface area contributed by atoms with E-state index in [2.05, 4.69) is 5.32 Å². The first-order valence-electron chi connectivity index (χ1n) is 7.52. The van der Waals surface area contributed by atoms with Crippen molar-refractivity contribution in [2.45, 2.75) is 32.2 Å². The number of carboxylic acids is 1. The third-order valence-corrected chi connectivity index (χ3v) is 4.31. The molecule has 118 valence electrons. The molecule has 0 aromatic heterocycles. The van der Waals surface area contributed by atoms with Crippen molar-refractivity contribution in [3.63, 3.8) is 0 Å². The Kier molecular flexibility index (Phi) is 4.18. The number of aliphatic carboxylic acids is 1. The van der Waals surface area contributed by atoms with Gasteiger partial charge in [0, 0.05) is 24.3 Å². The quantitative estimate of drug-likeness (QED) is 0.879. The molecule has 1 amide bonds. The van der Waals surface area contributed by atoms with E-state index in [0.717, 1.165) is 18.4 Å². The molecule has 1 aliphatic carbocycles. The normalized spacial score (nSPS) is 23.1. The van der Waals surface area contributed by atoms with E-state index < -0.39 is 17.8 Å². The molecule has 1 heterocycles. The fraction of sp³-hybridized carbons (Fsp3) is 0.500. The van der Waals surface area contributed by atoms with Gasteiger partial charge in [-0.25, -0.2) is 0 Å². The molecule has 1 aromatic carbocycles. The van der Waals surface area contributed by atoms with Crippen LogP contribution in [-0.2, 0) is 16.1 Å². The van der Waals surface area contributed by atoms with Crippen LogP contribution in [0.3, 0.4) is 0 Å². The Balaban J connectivity index is 1.60. The van der Waals surface area contributed by atoms with E-state index in [9.17, 15) is 14.7 Å². The van der Waals surface area contributed by atoms with Gasteiger partial charge in [0.05, 0.1) is 0 Å². The second-order valence-electron chi connectivity index (χ2n) is 5.72. The second kappa shape index (κ2) is 6.25. The summed E-state index contributed by atoms with van der Waals surface area (Å²) in [5.74, 6) is -1.15. The summed E-state index contributed by atoms with van der Waals surface area (Å²) >= 11 is 0. The van der Waals surface area contributed by atoms with E-state index in [-0.39, 0.29) is 12.7 Å². The van der Waals surface area contributed by atoms with Gasteiger partial charge in [-0.15, -0.1) is 0 Å². The lowest BCUT2D eigenvalue weighted by Crippen LogP contribution is -2.44. The molecule has 2 aliphatic rings. The summed E-state index contributed by atoms with van der Waals surface area (Å²) in [6.45, 7) is 0.548. The largest absolute Gasteiger partial charge is 0.550 e. The second-order valence-corrected chi connectivity index (χ2v) is 5.72. The van der Waals surface area contributed by atoms with Crippen molar-refractivity contribution in [1.82, 2.24) is 5.32 Å². The Hall–Kier alpha value is -2.24. The van der Waals surface area contributed by atoms with Gasteiger partial charge in [0.25, 0.3) is 0 Å². The molecule has 0 radical (unpaired) electrons. The molecule has 6 heteroatoms. The summed E-state index contributed by atoms with van der Waals surface area (Å²) < 4.78 is 10.5. The van der Waals surface area contributed by atoms with Crippen LogP contribution in [0.1, 0.15) is 31.2 Å². The highest BCUT2D eigenvalue weighted by Crippen LogP contribution is 2.33. The third-order valence-electron chi connectivity index (χ3n) is 4.31. The lowest BCUT2D eigenvalue weighted by molar-refractivity contribution is -0.314. The van der Waals surface area contributed by atoms with Gasteiger partial charge in [0.2, 0.25) is 12.7 Å². The zero-order valence-electron chi connectivity index (χ0n) is 12.2. The highest BCUT2D eigenvalue weighted by molar-refractivity contribution is 5.84. The van der Waals surface area contributed by atoms with Gasteiger partial charge in [-0.3, -0.25) is 4.79 Å². The van der Waals surface area contributed by atoms with Crippen LogP contribution in [0.25, 0.3) is 0 Å². The number of hydrogen-bond acceptors (Lipinski definition) is 5. The van der Waals surface area contributed by atoms with Crippen LogP contribution in [0.2, 0.25) is 0 Å². The van der Waals surface area contributed by atoms with E-state index in [4.69, 9.17) is 9.47 Å². The van der Waals surface area contributed by atoms with Crippen LogP contribution < -0.4 is 19.9 Å². The number of amides is 1. The zero-order chi connectivity index (χ0) is 15.5. The average Bonchev–Trinajstić information content (AvgIpc) is 3.00. The fourth-order valence-corrected chi connectivity index (χ4v) is 3.10. The van der Waals surface area contributed by atoms with Crippen LogP contribution in [0, 0.1) is 11.8 Å². The van der Waals surface area contributed by atoms with Gasteiger partial charge in [-0.1, -0.05) is 18.9 Å². The van der Waals surface area contributed by atoms with Crippen LogP contribution in [0.4, 0.5) is 0 Å². The molecule has 3 rings (SSSR count). The molecule has 2 atom stereocenters. The van der Waals surface area contributed by atoms with Crippen LogP contribution >= 0.6 is 0 Å². The number of fused-ring (bicyclic) bond motifs is 1. The van der Waals surface area contributed by atoms with Crippen LogP contribution in [0.5, 0.6) is 11.5 Å². The van der Waals surface area contributed by atoms with Gasteiger partial charge in [-0.2, -0.15) is 0 Å². The number of hydrogen-bond donors (Lipinski definition) is 1. The molecule has 0 unspecified atom stereocenters. The number of ether oxygens (including phenoxy) is 2. The molecule has 1 aliphatic heterocycles. The lowest BCUT2D eigenvalue weighted by Gasteiger charge is -2.31. The Labute approximate surface area is 128 Å². The predicted molar refractivity (Wildman–Crippen MR) is 74.9 cm³/mol. The maximum Gasteiger partial charge on any atom is 0.231 e. The summed E-state index contributed by atoms with van der Waals surface area (Å²) in [6, 6.07) is 5.47. The van der Waals surface area contributed by atoms with Crippen LogP contribution in [-0.4, -0.2) is 18.7 Å². The lowest BCUT2D eigenvalue weighted by atomic mass is 9.78. The molecule has 0 saturated heterocycles. The standard InChI is InChI=1S/C16H19NO5/c18-15(11-3-1-2-4-12(11)16(19)20)17-8-10-5-6-13-14(7-10)22-9-21-13/h5-7,11-12H,1-4,8-9H2,(H,17,18)(H,19,20)/p-1/t11-,12-/m1/s1. The molecule has 0 spiro atoms. The third kappa shape index (κ3) is 3.00. The first-order valence-corrected chi connectivity index (χ1v) is 7.52. The summed E-state index contributed by atoms with van der Waals surface area (Å²) in [5, 5.41) is 14.0. The summed E-state index contributed by atoms with van der Waals surface area (Å²) in [5.41, 5.74) is 0.887. The van der Waals surface area contributed by atoms with E-state index in [1.165, 1.54) is 0 Å². The highest BCUT2D eigenvalue weighted by Gasteiger charge is 2.31. The van der Waals surface area contributed by atoms with Crippen molar-refractivity contribution >= 4 is 11.9 Å². The Morgan fingerprint density at radius 3 is 2.64 bits per heavy atom. The molecule has 22 heavy (non-hydrogen) atoms. The number of benzene rings is 1. The maximum absolute atomic E-state index is 12.3. The van der Waals surface area contributed by atoms with Gasteiger partial charge in [0.1, 0.15) is 0 Å². The van der Waals surface area contributed by atoms with Crippen molar-refractivity contribution in [1.29, 1.82) is 0 Å². The molecule has 1 fully saturated rings. The molecule has 1 N–H and O–H groups in total. The monoisotopic (exact) mass is 304 g/mol. The van der Waals surface area contributed by atoms with Crippen molar-refractivity contribution < 1.29 is 24.2 Å². The minimum absolute atomic E-state index is 0.209. The molecule has 6 nitrogen and oxygen atoms in total. The Morgan fingerprint density at radius 1 is 1.14 bits per heavy atom. The summed E-state index contributed by atoms with van der Waals surface area (Å²) in [4.78, 5) is 23.4. The zero-order valence-corrected chi connectivity index (χ0v) is 12.2. The number of carbonyl (C=O) groups is 2. The summed E-state index contributed by atoms with van der Waals surface area (Å²) in [7, 11) is 0. The van der Waals surface area contributed by atoms with Crippen molar-refractivity contribution in [3.05, 3.63) is 23.8 Å². The van der Waals surface area contributed by atoms with E-state index in [1.54, 1.807) is 6.07 Å². The first kappa shape index (κ1) is 14.7. The minimum Gasteiger partial charge on any atom is -0.550 e. The number of carboxylic acid groups (broad SMARTS) is 1. The van der Waals surface area contributed by atoms with Gasteiger partial charge >= 0.3 is 0 Å². The van der Waals surface area contributed by atoms with E-state index in [0.29, 0.717) is 30.9 Å². The SMILES string of the molecule is O=C([O-])[C@@H]1CCCC[C@H]1C(=O)NCc1ccc2c(c1)OCO2. The van der Waals surface area contributed by atoms with Crippen molar-refractivity contribution in [2.75, 3.05) is 6.79 Å². The molecule has 1 aromatic rings. The predicted octanol–water partition coefficient (Wildman–Crippen LogP) is 0.588. The fourth-order valence-electron chi connectivity index (χ4n) is 3.10. The van der Waals surface area contributed by atoms with E-state index >= 15 is 0 Å². The molecular weight excluding hydrogens is 286 g/mol. The summed E-state index contributed by atoms with van der Waals surface area (Å²) in [6.07, 6.45) is 2.84. The molecule has 0 bridgehead atoms. The Morgan fingerprint density at radius 2 is 1.86 bits per heavy atom.